The second-order valence-corrected chi connectivity index (χ2v) is 7.17. The zero-order valence-corrected chi connectivity index (χ0v) is 16.7. The van der Waals surface area contributed by atoms with Crippen LogP contribution in [-0.2, 0) is 9.59 Å². The minimum absolute atomic E-state index is 0.289. The van der Waals surface area contributed by atoms with E-state index in [1.807, 2.05) is 19.1 Å². The second kappa shape index (κ2) is 8.83. The molecule has 0 saturated carbocycles. The molecule has 1 heterocycles. The van der Waals surface area contributed by atoms with Crippen molar-refractivity contribution < 1.29 is 29.0 Å². The van der Waals surface area contributed by atoms with Crippen LogP contribution in [0.2, 0.25) is 0 Å². The monoisotopic (exact) mass is 413 g/mol. The van der Waals surface area contributed by atoms with Crippen LogP contribution in [0.3, 0.4) is 0 Å². The number of hydrogen-bond acceptors (Lipinski definition) is 6. The molecule has 2 aromatic rings. The fourth-order valence-corrected chi connectivity index (χ4v) is 3.52. The first-order chi connectivity index (χ1) is 13.9. The lowest BCUT2D eigenvalue weighted by Gasteiger charge is -2.12. The third kappa shape index (κ3) is 4.78. The summed E-state index contributed by atoms with van der Waals surface area (Å²) in [6.45, 7) is 3.59. The number of carboxylic acids is 1. The summed E-state index contributed by atoms with van der Waals surface area (Å²) in [5.74, 6) is -0.839. The Bertz CT molecular complexity index is 983. The van der Waals surface area contributed by atoms with E-state index in [9.17, 15) is 14.4 Å². The molecule has 8 heteroatoms. The van der Waals surface area contributed by atoms with Gasteiger partial charge in [-0.3, -0.25) is 9.59 Å². The minimum Gasteiger partial charge on any atom is -0.490 e. The molecule has 2 aromatic carbocycles. The van der Waals surface area contributed by atoms with Crippen molar-refractivity contribution in [1.82, 2.24) is 0 Å². The van der Waals surface area contributed by atoms with Crippen LogP contribution in [-0.4, -0.2) is 35.4 Å². The quantitative estimate of drug-likeness (QED) is 0.683. The van der Waals surface area contributed by atoms with Gasteiger partial charge in [0, 0.05) is 0 Å². The van der Waals surface area contributed by atoms with Gasteiger partial charge in [0.05, 0.1) is 17.2 Å². The van der Waals surface area contributed by atoms with Crippen molar-refractivity contribution in [1.29, 1.82) is 0 Å². The molecule has 150 valence electrons. The number of aryl methyl sites for hydroxylation is 1. The van der Waals surface area contributed by atoms with Crippen molar-refractivity contribution in [2.45, 2.75) is 13.8 Å². The van der Waals surface area contributed by atoms with E-state index in [-0.39, 0.29) is 10.1 Å². The summed E-state index contributed by atoms with van der Waals surface area (Å²) in [4.78, 5) is 37.3. The van der Waals surface area contributed by atoms with E-state index in [4.69, 9.17) is 14.6 Å². The highest BCUT2D eigenvalue weighted by atomic mass is 32.2. The van der Waals surface area contributed by atoms with Crippen molar-refractivity contribution in [2.75, 3.05) is 18.1 Å². The summed E-state index contributed by atoms with van der Waals surface area (Å²) < 4.78 is 10.7. The number of carbonyl (C=O) groups is 3. The average molecular weight is 413 g/mol. The van der Waals surface area contributed by atoms with Gasteiger partial charge in [-0.25, -0.2) is 9.69 Å². The molecular weight excluding hydrogens is 394 g/mol. The molecule has 0 atom stereocenters. The lowest BCUT2D eigenvalue weighted by atomic mass is 10.1. The molecule has 3 rings (SSSR count). The largest absolute Gasteiger partial charge is 0.490 e. The fourth-order valence-electron chi connectivity index (χ4n) is 2.68. The summed E-state index contributed by atoms with van der Waals surface area (Å²) in [5, 5.41) is 8.41. The Kier molecular flexibility index (Phi) is 6.23. The molecule has 0 unspecified atom stereocenters. The topological polar surface area (TPSA) is 93.1 Å². The van der Waals surface area contributed by atoms with Crippen molar-refractivity contribution in [3.8, 4) is 11.5 Å². The maximum atomic E-state index is 12.8. The third-order valence-corrected chi connectivity index (χ3v) is 4.87. The van der Waals surface area contributed by atoms with Gasteiger partial charge in [0.25, 0.3) is 11.1 Å². The zero-order valence-electron chi connectivity index (χ0n) is 15.9. The number of aliphatic carboxylic acids is 1. The molecule has 1 saturated heterocycles. The number of carboxylic acid groups (broad SMARTS) is 1. The Morgan fingerprint density at radius 3 is 2.48 bits per heavy atom. The van der Waals surface area contributed by atoms with Crippen molar-refractivity contribution in [3.63, 3.8) is 0 Å². The van der Waals surface area contributed by atoms with Gasteiger partial charge in [0.2, 0.25) is 0 Å². The first-order valence-corrected chi connectivity index (χ1v) is 9.66. The average Bonchev–Trinajstić information content (AvgIpc) is 2.95. The van der Waals surface area contributed by atoms with Gasteiger partial charge in [-0.05, 0) is 61.5 Å². The summed E-state index contributed by atoms with van der Waals surface area (Å²) >= 11 is 0.862. The molecule has 1 aliphatic rings. The van der Waals surface area contributed by atoms with Gasteiger partial charge >= 0.3 is 5.97 Å². The smallest absolute Gasteiger partial charge is 0.341 e. The molecule has 2 amide bonds. The number of imide groups is 1. The molecule has 1 aliphatic heterocycles. The molecule has 0 aliphatic carbocycles. The lowest BCUT2D eigenvalue weighted by Crippen LogP contribution is -2.27. The van der Waals surface area contributed by atoms with Crippen LogP contribution in [0, 0.1) is 6.92 Å². The first-order valence-electron chi connectivity index (χ1n) is 8.85. The fraction of sp³-hybridized carbons (Fsp3) is 0.190. The molecule has 29 heavy (non-hydrogen) atoms. The Balaban J connectivity index is 1.86. The number of hydrogen-bond donors (Lipinski definition) is 1. The van der Waals surface area contributed by atoms with Gasteiger partial charge < -0.3 is 14.6 Å². The van der Waals surface area contributed by atoms with Crippen molar-refractivity contribution >= 4 is 40.6 Å². The maximum Gasteiger partial charge on any atom is 0.341 e. The Labute approximate surface area is 171 Å². The number of amides is 2. The molecule has 0 aromatic heterocycles. The second-order valence-electron chi connectivity index (χ2n) is 6.17. The van der Waals surface area contributed by atoms with Gasteiger partial charge in [0.15, 0.2) is 18.1 Å². The molecule has 0 spiro atoms. The summed E-state index contributed by atoms with van der Waals surface area (Å²) in [6, 6.07) is 12.0. The normalized spacial score (nSPS) is 15.1. The number of anilines is 1. The number of thioether (sulfide) groups is 1. The van der Waals surface area contributed by atoms with E-state index in [2.05, 4.69) is 0 Å². The van der Waals surface area contributed by atoms with E-state index in [1.54, 1.807) is 43.3 Å². The predicted molar refractivity (Wildman–Crippen MR) is 110 cm³/mol. The molecular formula is C21H19NO6S. The highest BCUT2D eigenvalue weighted by Gasteiger charge is 2.36. The summed E-state index contributed by atoms with van der Waals surface area (Å²) in [7, 11) is 0. The number of ether oxygens (including phenoxy) is 2. The Morgan fingerprint density at radius 1 is 1.10 bits per heavy atom. The minimum atomic E-state index is -1.10. The van der Waals surface area contributed by atoms with Crippen LogP contribution in [0.1, 0.15) is 18.1 Å². The van der Waals surface area contributed by atoms with E-state index in [1.165, 1.54) is 0 Å². The van der Waals surface area contributed by atoms with Gasteiger partial charge in [0.1, 0.15) is 0 Å². The number of rotatable bonds is 7. The highest BCUT2D eigenvalue weighted by Crippen LogP contribution is 2.37. The van der Waals surface area contributed by atoms with E-state index in [0.29, 0.717) is 29.4 Å². The molecule has 0 bridgehead atoms. The van der Waals surface area contributed by atoms with Crippen LogP contribution in [0.15, 0.2) is 47.4 Å². The SMILES string of the molecule is CCOc1cc(/C=C2/SC(=O)N(c3ccc(C)cc3)C2=O)ccc1OCC(=O)O. The Hall–Kier alpha value is -3.26. The van der Waals surface area contributed by atoms with E-state index < -0.39 is 18.5 Å². The molecule has 1 fully saturated rings. The van der Waals surface area contributed by atoms with Crippen LogP contribution < -0.4 is 14.4 Å². The number of benzene rings is 2. The highest BCUT2D eigenvalue weighted by molar-refractivity contribution is 8.19. The molecule has 1 N–H and O–H groups in total. The van der Waals surface area contributed by atoms with E-state index in [0.717, 1.165) is 22.2 Å². The van der Waals surface area contributed by atoms with Crippen molar-refractivity contribution in [2.24, 2.45) is 0 Å². The van der Waals surface area contributed by atoms with Crippen LogP contribution in [0.4, 0.5) is 10.5 Å². The number of nitrogens with zero attached hydrogens (tertiary/aromatic N) is 1. The lowest BCUT2D eigenvalue weighted by molar-refractivity contribution is -0.139. The van der Waals surface area contributed by atoms with Gasteiger partial charge in [-0.2, -0.15) is 0 Å². The molecule has 0 radical (unpaired) electrons. The van der Waals surface area contributed by atoms with Gasteiger partial charge in [-0.1, -0.05) is 23.8 Å². The van der Waals surface area contributed by atoms with Crippen LogP contribution >= 0.6 is 11.8 Å². The summed E-state index contributed by atoms with van der Waals surface area (Å²) in [6.07, 6.45) is 1.60. The summed E-state index contributed by atoms with van der Waals surface area (Å²) in [5.41, 5.74) is 2.18. The maximum absolute atomic E-state index is 12.8. The first kappa shape index (κ1) is 20.5. The zero-order chi connectivity index (χ0) is 21.0. The molecule has 7 nitrogen and oxygen atoms in total. The standard InChI is InChI=1S/C21H19NO6S/c1-3-27-17-10-14(6-9-16(17)28-12-19(23)24)11-18-20(25)22(21(26)29-18)15-7-4-13(2)5-8-15/h4-11H,3,12H2,1-2H3,(H,23,24)/b18-11+. The third-order valence-electron chi connectivity index (χ3n) is 4.00. The Morgan fingerprint density at radius 2 is 1.83 bits per heavy atom. The van der Waals surface area contributed by atoms with Crippen molar-refractivity contribution in [3.05, 3.63) is 58.5 Å². The number of carbonyl (C=O) groups excluding carboxylic acids is 2. The van der Waals surface area contributed by atoms with Gasteiger partial charge in [-0.15, -0.1) is 0 Å². The predicted octanol–water partition coefficient (Wildman–Crippen LogP) is 4.10. The van der Waals surface area contributed by atoms with E-state index >= 15 is 0 Å². The van der Waals surface area contributed by atoms with Crippen LogP contribution in [0.5, 0.6) is 11.5 Å². The van der Waals surface area contributed by atoms with Crippen LogP contribution in [0.25, 0.3) is 6.08 Å².